The van der Waals surface area contributed by atoms with Crippen LogP contribution in [0.15, 0.2) is 65.0 Å². The quantitative estimate of drug-likeness (QED) is 0.344. The molecule has 1 aromatic carbocycles. The number of hydrogen-bond donors (Lipinski definition) is 2. The molecule has 2 heterocycles. The predicted octanol–water partition coefficient (Wildman–Crippen LogP) is 4.48. The lowest BCUT2D eigenvalue weighted by molar-refractivity contribution is -0.141. The van der Waals surface area contributed by atoms with Gasteiger partial charge in [-0.15, -0.1) is 0 Å². The Kier molecular flexibility index (Phi) is 6.60. The van der Waals surface area contributed by atoms with E-state index < -0.39 is 11.9 Å². The van der Waals surface area contributed by atoms with E-state index in [4.69, 9.17) is 12.2 Å². The first kappa shape index (κ1) is 20.9. The fourth-order valence-corrected chi connectivity index (χ4v) is 3.25. The third-order valence-electron chi connectivity index (χ3n) is 3.60. The van der Waals surface area contributed by atoms with Gasteiger partial charge in [-0.25, -0.2) is 19.9 Å². The maximum atomic E-state index is 13.2. The Labute approximate surface area is 174 Å². The van der Waals surface area contributed by atoms with Crippen molar-refractivity contribution in [2.45, 2.75) is 29.3 Å². The van der Waals surface area contributed by atoms with Gasteiger partial charge >= 0.3 is 6.18 Å². The first-order valence-corrected chi connectivity index (χ1v) is 9.57. The van der Waals surface area contributed by atoms with Crippen LogP contribution in [0, 0.1) is 0 Å². The molecule has 1 unspecified atom stereocenters. The maximum absolute atomic E-state index is 13.2. The van der Waals surface area contributed by atoms with Crippen LogP contribution in [-0.4, -0.2) is 25.0 Å². The molecule has 150 valence electrons. The van der Waals surface area contributed by atoms with Gasteiger partial charge in [0.25, 0.3) is 0 Å². The number of hydrogen-bond acceptors (Lipinski definition) is 6. The Morgan fingerprint density at radius 2 is 1.76 bits per heavy atom. The van der Waals surface area contributed by atoms with E-state index in [-0.39, 0.29) is 27.3 Å². The van der Waals surface area contributed by atoms with Gasteiger partial charge in [0.1, 0.15) is 5.03 Å². The van der Waals surface area contributed by atoms with Crippen molar-refractivity contribution in [1.29, 1.82) is 0 Å². The van der Waals surface area contributed by atoms with Gasteiger partial charge in [0.15, 0.2) is 16.0 Å². The molecule has 0 aliphatic rings. The zero-order chi connectivity index (χ0) is 20.9. The van der Waals surface area contributed by atoms with Gasteiger partial charge in [-0.3, -0.25) is 0 Å². The molecule has 6 nitrogen and oxygen atoms in total. The molecule has 0 saturated carbocycles. The van der Waals surface area contributed by atoms with Crippen molar-refractivity contribution < 1.29 is 13.2 Å². The van der Waals surface area contributed by atoms with Gasteiger partial charge in [-0.2, -0.15) is 13.2 Å². The average Bonchev–Trinajstić information content (AvgIpc) is 2.68. The summed E-state index contributed by atoms with van der Waals surface area (Å²) in [6.07, 6.45) is -1.66. The van der Waals surface area contributed by atoms with E-state index in [1.807, 2.05) is 37.3 Å². The van der Waals surface area contributed by atoms with Crippen LogP contribution in [-0.2, 0) is 6.18 Å². The van der Waals surface area contributed by atoms with Crippen LogP contribution in [0.5, 0.6) is 0 Å². The van der Waals surface area contributed by atoms with Gasteiger partial charge in [-0.05, 0) is 42.5 Å². The van der Waals surface area contributed by atoms with Crippen molar-refractivity contribution in [2.75, 3.05) is 5.32 Å². The molecule has 0 aliphatic carbocycles. The van der Waals surface area contributed by atoms with E-state index >= 15 is 0 Å². The minimum absolute atomic E-state index is 0.0416. The number of nitrogens with zero attached hydrogens (tertiary/aromatic N) is 4. The molecule has 0 aliphatic heterocycles. The van der Waals surface area contributed by atoms with Gasteiger partial charge in [0.2, 0.25) is 5.95 Å². The highest BCUT2D eigenvalue weighted by molar-refractivity contribution is 7.99. The van der Waals surface area contributed by atoms with Crippen molar-refractivity contribution in [1.82, 2.24) is 25.3 Å². The smallest absolute Gasteiger partial charge is 0.356 e. The largest absolute Gasteiger partial charge is 0.433 e. The number of aromatic nitrogens is 4. The third kappa shape index (κ3) is 6.09. The highest BCUT2D eigenvalue weighted by atomic mass is 32.2. The molecule has 11 heteroatoms. The number of anilines is 1. The van der Waals surface area contributed by atoms with Crippen LogP contribution in [0.25, 0.3) is 0 Å². The Balaban J connectivity index is 1.78. The number of alkyl halides is 3. The molecule has 2 N–H and O–H groups in total. The minimum Gasteiger partial charge on any atom is -0.356 e. The van der Waals surface area contributed by atoms with Crippen LogP contribution in [0.2, 0.25) is 0 Å². The highest BCUT2D eigenvalue weighted by Crippen LogP contribution is 2.32. The zero-order valence-corrected chi connectivity index (χ0v) is 16.6. The van der Waals surface area contributed by atoms with E-state index in [9.17, 15) is 13.2 Å². The van der Waals surface area contributed by atoms with Crippen LogP contribution < -0.4 is 10.6 Å². The van der Waals surface area contributed by atoms with Crippen LogP contribution in [0.3, 0.4) is 0 Å². The Morgan fingerprint density at radius 3 is 2.41 bits per heavy atom. The van der Waals surface area contributed by atoms with Gasteiger partial charge in [-0.1, -0.05) is 30.3 Å². The lowest BCUT2D eigenvalue weighted by Crippen LogP contribution is -2.31. The molecule has 3 aromatic rings. The molecule has 0 bridgehead atoms. The summed E-state index contributed by atoms with van der Waals surface area (Å²) in [5, 5.41) is 6.04. The van der Waals surface area contributed by atoms with Gasteiger partial charge < -0.3 is 10.6 Å². The van der Waals surface area contributed by atoms with Gasteiger partial charge in [0, 0.05) is 18.5 Å². The number of rotatable bonds is 5. The summed E-state index contributed by atoms with van der Waals surface area (Å²) in [6.45, 7) is 1.88. The summed E-state index contributed by atoms with van der Waals surface area (Å²) in [5.41, 5.74) is -0.119. The van der Waals surface area contributed by atoms with E-state index in [1.165, 1.54) is 12.4 Å². The fourth-order valence-electron chi connectivity index (χ4n) is 2.27. The molecule has 3 rings (SSSR count). The first-order chi connectivity index (χ1) is 13.8. The lowest BCUT2D eigenvalue weighted by atomic mass is 10.1. The third-order valence-corrected chi connectivity index (χ3v) is 4.64. The maximum Gasteiger partial charge on any atom is 0.433 e. The predicted molar refractivity (Wildman–Crippen MR) is 107 cm³/mol. The van der Waals surface area contributed by atoms with Crippen molar-refractivity contribution in [3.05, 3.63) is 66.1 Å². The number of nitrogens with one attached hydrogen (secondary N) is 2. The van der Waals surface area contributed by atoms with E-state index in [0.29, 0.717) is 0 Å². The first-order valence-electron chi connectivity index (χ1n) is 8.35. The second kappa shape index (κ2) is 9.14. The number of thiocarbonyl (C=S) groups is 1. The van der Waals surface area contributed by atoms with Crippen LogP contribution in [0.4, 0.5) is 19.1 Å². The Morgan fingerprint density at radius 1 is 1.07 bits per heavy atom. The van der Waals surface area contributed by atoms with Crippen molar-refractivity contribution in [3.63, 3.8) is 0 Å². The van der Waals surface area contributed by atoms with Crippen LogP contribution >= 0.6 is 24.0 Å². The molecular weight excluding hydrogens is 421 g/mol. The topological polar surface area (TPSA) is 75.6 Å². The van der Waals surface area contributed by atoms with Crippen LogP contribution in [0.1, 0.15) is 24.2 Å². The highest BCUT2D eigenvalue weighted by Gasteiger charge is 2.34. The lowest BCUT2D eigenvalue weighted by Gasteiger charge is -2.17. The molecular formula is C18H15F3N6S2. The summed E-state index contributed by atoms with van der Waals surface area (Å²) in [4.78, 5) is 15.6. The Bertz CT molecular complexity index is 970. The zero-order valence-electron chi connectivity index (χ0n) is 15.0. The van der Waals surface area contributed by atoms with Gasteiger partial charge in [0.05, 0.1) is 6.04 Å². The number of benzene rings is 1. The normalized spacial score (nSPS) is 12.3. The summed E-state index contributed by atoms with van der Waals surface area (Å²) in [5.74, 6) is -0.268. The molecule has 0 spiro atoms. The monoisotopic (exact) mass is 436 g/mol. The molecule has 1 atom stereocenters. The standard InChI is InChI=1S/C18H15F3N6S2/c1-11(12-6-3-2-4-7-12)24-16(28)27-15-25-13(18(19,20)21)10-14(26-15)29-17-22-8-5-9-23-17/h2-11H,1H3,(H2,24,25,26,27,28). The second-order valence-electron chi connectivity index (χ2n) is 5.78. The summed E-state index contributed by atoms with van der Waals surface area (Å²) in [7, 11) is 0. The second-order valence-corrected chi connectivity index (χ2v) is 7.17. The average molecular weight is 436 g/mol. The molecule has 0 fully saturated rings. The van der Waals surface area contributed by atoms with E-state index in [0.717, 1.165) is 23.4 Å². The molecule has 0 radical (unpaired) electrons. The molecule has 29 heavy (non-hydrogen) atoms. The molecule has 0 saturated heterocycles. The summed E-state index contributed by atoms with van der Waals surface area (Å²) in [6, 6.07) is 11.8. The summed E-state index contributed by atoms with van der Waals surface area (Å²) >= 11 is 6.10. The Hall–Kier alpha value is -2.79. The summed E-state index contributed by atoms with van der Waals surface area (Å²) < 4.78 is 39.7. The van der Waals surface area contributed by atoms with Crippen molar-refractivity contribution >= 4 is 35.0 Å². The van der Waals surface area contributed by atoms with E-state index in [2.05, 4.69) is 30.6 Å². The van der Waals surface area contributed by atoms with Crippen molar-refractivity contribution in [2.24, 2.45) is 0 Å². The van der Waals surface area contributed by atoms with E-state index in [1.54, 1.807) is 6.07 Å². The number of halogens is 3. The molecule has 0 amide bonds. The molecule has 2 aromatic heterocycles. The fraction of sp³-hybridized carbons (Fsp3) is 0.167. The minimum atomic E-state index is -4.64. The van der Waals surface area contributed by atoms with Crippen molar-refractivity contribution in [3.8, 4) is 0 Å². The SMILES string of the molecule is CC(NC(=S)Nc1nc(Sc2ncccn2)cc(C(F)(F)F)n1)c1ccccc1.